The summed E-state index contributed by atoms with van der Waals surface area (Å²) in [4.78, 5) is 0.221. The molecule has 90 valence electrons. The van der Waals surface area contributed by atoms with E-state index >= 15 is 0 Å². The molecule has 5 nitrogen and oxygen atoms in total. The van der Waals surface area contributed by atoms with Crippen molar-refractivity contribution < 1.29 is 13.2 Å². The first-order chi connectivity index (χ1) is 8.14. The van der Waals surface area contributed by atoms with Gasteiger partial charge < -0.3 is 4.74 Å². The lowest BCUT2D eigenvalue weighted by molar-refractivity contribution is 0.0730. The lowest BCUT2D eigenvalue weighted by Crippen LogP contribution is -2.40. The Hall–Kier alpha value is -1.42. The summed E-state index contributed by atoms with van der Waals surface area (Å²) >= 11 is 0. The van der Waals surface area contributed by atoms with E-state index in [4.69, 9.17) is 10.00 Å². The molecule has 0 radical (unpaired) electrons. The molecule has 1 saturated heterocycles. The van der Waals surface area contributed by atoms with E-state index in [2.05, 4.69) is 0 Å². The van der Waals surface area contributed by atoms with Gasteiger partial charge in [-0.25, -0.2) is 8.42 Å². The molecule has 0 bridgehead atoms. The van der Waals surface area contributed by atoms with Crippen LogP contribution in [0.4, 0.5) is 0 Å². The second-order valence-corrected chi connectivity index (χ2v) is 5.59. The molecule has 0 amide bonds. The van der Waals surface area contributed by atoms with Gasteiger partial charge in [-0.3, -0.25) is 0 Å². The minimum atomic E-state index is -3.44. The van der Waals surface area contributed by atoms with E-state index in [9.17, 15) is 8.42 Å². The highest BCUT2D eigenvalue weighted by Crippen LogP contribution is 2.17. The number of morpholine rings is 1. The molecule has 0 spiro atoms. The molecule has 0 atom stereocenters. The smallest absolute Gasteiger partial charge is 0.243 e. The van der Waals surface area contributed by atoms with Gasteiger partial charge in [0.2, 0.25) is 10.0 Å². The fourth-order valence-electron chi connectivity index (χ4n) is 1.64. The van der Waals surface area contributed by atoms with Crippen molar-refractivity contribution in [2.75, 3.05) is 26.3 Å². The van der Waals surface area contributed by atoms with Crippen molar-refractivity contribution in [1.82, 2.24) is 4.31 Å². The van der Waals surface area contributed by atoms with E-state index in [0.29, 0.717) is 31.9 Å². The van der Waals surface area contributed by atoms with Crippen molar-refractivity contribution >= 4 is 10.0 Å². The Morgan fingerprint density at radius 2 is 1.76 bits per heavy atom. The third-order valence-corrected chi connectivity index (χ3v) is 4.50. The van der Waals surface area contributed by atoms with Gasteiger partial charge in [-0.05, 0) is 24.3 Å². The van der Waals surface area contributed by atoms with Crippen LogP contribution in [0.15, 0.2) is 29.2 Å². The zero-order chi connectivity index (χ0) is 12.3. The van der Waals surface area contributed by atoms with Crippen LogP contribution in [-0.2, 0) is 14.8 Å². The highest BCUT2D eigenvalue weighted by atomic mass is 32.2. The third-order valence-electron chi connectivity index (χ3n) is 2.59. The minimum absolute atomic E-state index is 0.221. The van der Waals surface area contributed by atoms with Crippen LogP contribution in [0.1, 0.15) is 5.56 Å². The summed E-state index contributed by atoms with van der Waals surface area (Å²) in [6.45, 7) is 1.61. The molecule has 1 heterocycles. The van der Waals surface area contributed by atoms with Crippen LogP contribution in [0.5, 0.6) is 0 Å². The Morgan fingerprint density at radius 1 is 1.18 bits per heavy atom. The Morgan fingerprint density at radius 3 is 2.29 bits per heavy atom. The van der Waals surface area contributed by atoms with Gasteiger partial charge in [-0.15, -0.1) is 0 Å². The van der Waals surface area contributed by atoms with E-state index in [1.165, 1.54) is 28.6 Å². The largest absolute Gasteiger partial charge is 0.379 e. The quantitative estimate of drug-likeness (QED) is 0.772. The first-order valence-corrected chi connectivity index (χ1v) is 6.66. The Bertz CT molecular complexity index is 525. The molecular formula is C11H12N2O3S. The third kappa shape index (κ3) is 2.47. The normalized spacial score (nSPS) is 17.6. The minimum Gasteiger partial charge on any atom is -0.379 e. The van der Waals surface area contributed by atoms with E-state index < -0.39 is 10.0 Å². The number of benzene rings is 1. The van der Waals surface area contributed by atoms with Crippen molar-refractivity contribution in [3.05, 3.63) is 29.8 Å². The van der Waals surface area contributed by atoms with Crippen molar-refractivity contribution in [1.29, 1.82) is 5.26 Å². The Labute approximate surface area is 100 Å². The fraction of sp³-hybridized carbons (Fsp3) is 0.364. The lowest BCUT2D eigenvalue weighted by atomic mass is 10.2. The number of hydrogen-bond donors (Lipinski definition) is 0. The number of ether oxygens (including phenoxy) is 1. The zero-order valence-electron chi connectivity index (χ0n) is 9.17. The summed E-state index contributed by atoms with van der Waals surface area (Å²) in [7, 11) is -3.44. The maximum Gasteiger partial charge on any atom is 0.243 e. The van der Waals surface area contributed by atoms with Gasteiger partial charge in [0.15, 0.2) is 0 Å². The van der Waals surface area contributed by atoms with Crippen molar-refractivity contribution in [3.8, 4) is 6.07 Å². The molecule has 1 aromatic rings. The fourth-order valence-corrected chi connectivity index (χ4v) is 3.05. The van der Waals surface area contributed by atoms with E-state index in [0.717, 1.165) is 0 Å². The van der Waals surface area contributed by atoms with Crippen molar-refractivity contribution in [3.63, 3.8) is 0 Å². The van der Waals surface area contributed by atoms with Gasteiger partial charge in [0.05, 0.1) is 29.7 Å². The number of nitriles is 1. The second-order valence-electron chi connectivity index (χ2n) is 3.65. The molecular weight excluding hydrogens is 240 g/mol. The van der Waals surface area contributed by atoms with Crippen LogP contribution in [0.3, 0.4) is 0 Å². The van der Waals surface area contributed by atoms with E-state index in [1.54, 1.807) is 0 Å². The molecule has 17 heavy (non-hydrogen) atoms. The van der Waals surface area contributed by atoms with Gasteiger partial charge in [0.25, 0.3) is 0 Å². The molecule has 1 aliphatic rings. The topological polar surface area (TPSA) is 70.4 Å². The summed E-state index contributed by atoms with van der Waals surface area (Å²) in [6, 6.07) is 7.89. The summed E-state index contributed by atoms with van der Waals surface area (Å²) in [6.07, 6.45) is 0. The van der Waals surface area contributed by atoms with Crippen LogP contribution in [0.25, 0.3) is 0 Å². The van der Waals surface area contributed by atoms with Crippen LogP contribution in [0, 0.1) is 11.3 Å². The SMILES string of the molecule is N#Cc1ccc(S(=O)(=O)N2CCOCC2)cc1. The monoisotopic (exact) mass is 252 g/mol. The molecule has 0 N–H and O–H groups in total. The zero-order valence-corrected chi connectivity index (χ0v) is 9.98. The molecule has 1 aromatic carbocycles. The Kier molecular flexibility index (Phi) is 3.43. The maximum absolute atomic E-state index is 12.2. The molecule has 1 fully saturated rings. The van der Waals surface area contributed by atoms with Crippen LogP contribution >= 0.6 is 0 Å². The van der Waals surface area contributed by atoms with E-state index in [-0.39, 0.29) is 4.90 Å². The van der Waals surface area contributed by atoms with Crippen LogP contribution in [0.2, 0.25) is 0 Å². The molecule has 1 aliphatic heterocycles. The first-order valence-electron chi connectivity index (χ1n) is 5.22. The summed E-state index contributed by atoms with van der Waals surface area (Å²) in [5.41, 5.74) is 0.450. The molecule has 0 unspecified atom stereocenters. The van der Waals surface area contributed by atoms with Gasteiger partial charge in [0.1, 0.15) is 0 Å². The average molecular weight is 252 g/mol. The summed E-state index contributed by atoms with van der Waals surface area (Å²) in [5.74, 6) is 0. The van der Waals surface area contributed by atoms with Gasteiger partial charge in [0, 0.05) is 13.1 Å². The predicted octanol–water partition coefficient (Wildman–Crippen LogP) is 0.579. The van der Waals surface area contributed by atoms with Crippen LogP contribution < -0.4 is 0 Å². The first kappa shape index (κ1) is 12.0. The van der Waals surface area contributed by atoms with Gasteiger partial charge in [-0.2, -0.15) is 9.57 Å². The highest BCUT2D eigenvalue weighted by molar-refractivity contribution is 7.89. The second kappa shape index (κ2) is 4.84. The summed E-state index contributed by atoms with van der Waals surface area (Å²) in [5, 5.41) is 8.65. The number of hydrogen-bond acceptors (Lipinski definition) is 4. The number of nitrogens with zero attached hydrogens (tertiary/aromatic N) is 2. The Balaban J connectivity index is 2.27. The van der Waals surface area contributed by atoms with Crippen LogP contribution in [-0.4, -0.2) is 39.0 Å². The standard InChI is InChI=1S/C11H12N2O3S/c12-9-10-1-3-11(4-2-10)17(14,15)13-5-7-16-8-6-13/h1-4H,5-8H2. The number of sulfonamides is 1. The predicted molar refractivity (Wildman–Crippen MR) is 60.7 cm³/mol. The molecule has 2 rings (SSSR count). The summed E-state index contributed by atoms with van der Waals surface area (Å²) < 4.78 is 30.9. The lowest BCUT2D eigenvalue weighted by Gasteiger charge is -2.25. The highest BCUT2D eigenvalue weighted by Gasteiger charge is 2.25. The van der Waals surface area contributed by atoms with Crippen molar-refractivity contribution in [2.24, 2.45) is 0 Å². The molecule has 0 aromatic heterocycles. The van der Waals surface area contributed by atoms with Gasteiger partial charge >= 0.3 is 0 Å². The maximum atomic E-state index is 12.2. The van der Waals surface area contributed by atoms with E-state index in [1.807, 2.05) is 6.07 Å². The molecule has 6 heteroatoms. The van der Waals surface area contributed by atoms with Gasteiger partial charge in [-0.1, -0.05) is 0 Å². The average Bonchev–Trinajstić information content (AvgIpc) is 2.40. The van der Waals surface area contributed by atoms with Crippen molar-refractivity contribution in [2.45, 2.75) is 4.90 Å². The number of rotatable bonds is 2. The molecule has 0 saturated carbocycles. The molecule has 0 aliphatic carbocycles.